The van der Waals surface area contributed by atoms with E-state index in [1.54, 1.807) is 24.3 Å². The zero-order chi connectivity index (χ0) is 19.4. The van der Waals surface area contributed by atoms with Crippen LogP contribution in [0.15, 0.2) is 54.7 Å². The molecule has 2 aromatic carbocycles. The quantitative estimate of drug-likeness (QED) is 0.680. The molecule has 7 heteroatoms. The predicted molar refractivity (Wildman–Crippen MR) is 92.9 cm³/mol. The molecule has 0 bridgehead atoms. The lowest BCUT2D eigenvalue weighted by Gasteiger charge is -2.04. The number of hydrogen-bond donors (Lipinski definition) is 2. The third kappa shape index (κ3) is 4.07. The van der Waals surface area contributed by atoms with Crippen molar-refractivity contribution in [3.8, 4) is 6.07 Å². The van der Waals surface area contributed by atoms with Crippen molar-refractivity contribution < 1.29 is 18.4 Å². The molecule has 2 N–H and O–H groups in total. The Balaban J connectivity index is 1.67. The molecule has 0 saturated carbocycles. The molecule has 0 radical (unpaired) electrons. The van der Waals surface area contributed by atoms with Gasteiger partial charge in [0.25, 0.3) is 5.91 Å². The highest BCUT2D eigenvalue weighted by Gasteiger charge is 2.16. The maximum Gasteiger partial charge on any atom is 0.267 e. The van der Waals surface area contributed by atoms with Crippen LogP contribution in [0.1, 0.15) is 37.5 Å². The van der Waals surface area contributed by atoms with Gasteiger partial charge in [-0.15, -0.1) is 0 Å². The molecule has 27 heavy (non-hydrogen) atoms. The van der Waals surface area contributed by atoms with Crippen LogP contribution in [-0.4, -0.2) is 16.7 Å². The van der Waals surface area contributed by atoms with Crippen molar-refractivity contribution in [1.82, 2.24) is 10.3 Å². The second-order valence-electron chi connectivity index (χ2n) is 5.75. The minimum Gasteiger partial charge on any atom is -0.356 e. The summed E-state index contributed by atoms with van der Waals surface area (Å²) in [6.45, 7) is 0.246. The van der Waals surface area contributed by atoms with E-state index in [0.717, 1.165) is 17.7 Å². The number of H-pyrrole nitrogens is 1. The summed E-state index contributed by atoms with van der Waals surface area (Å²) in [5.41, 5.74) is 1.64. The predicted octanol–water partition coefficient (Wildman–Crippen LogP) is 3.33. The molecule has 1 amide bonds. The Morgan fingerprint density at radius 3 is 2.41 bits per heavy atom. The number of hydrogen-bond acceptors (Lipinski definition) is 3. The summed E-state index contributed by atoms with van der Waals surface area (Å²) in [5.74, 6) is -3.11. The first kappa shape index (κ1) is 18.0. The van der Waals surface area contributed by atoms with Crippen LogP contribution in [0.3, 0.4) is 0 Å². The lowest BCUT2D eigenvalue weighted by Crippen LogP contribution is -2.23. The van der Waals surface area contributed by atoms with Gasteiger partial charge < -0.3 is 10.3 Å². The third-order valence-corrected chi connectivity index (χ3v) is 3.91. The van der Waals surface area contributed by atoms with E-state index < -0.39 is 23.3 Å². The number of carbonyl (C=O) groups excluding carboxylic acids is 2. The molecule has 0 fully saturated rings. The highest BCUT2D eigenvalue weighted by Crippen LogP contribution is 2.15. The Kier molecular flexibility index (Phi) is 5.08. The molecule has 0 aliphatic heterocycles. The van der Waals surface area contributed by atoms with Crippen molar-refractivity contribution in [3.63, 3.8) is 0 Å². The van der Waals surface area contributed by atoms with Gasteiger partial charge in [0.15, 0.2) is 17.4 Å². The Hall–Kier alpha value is -3.79. The normalized spacial score (nSPS) is 10.3. The van der Waals surface area contributed by atoms with E-state index >= 15 is 0 Å². The van der Waals surface area contributed by atoms with E-state index in [4.69, 9.17) is 5.26 Å². The van der Waals surface area contributed by atoms with Crippen LogP contribution >= 0.6 is 0 Å². The third-order valence-electron chi connectivity index (χ3n) is 3.91. The second-order valence-corrected chi connectivity index (χ2v) is 5.75. The Morgan fingerprint density at radius 2 is 1.74 bits per heavy atom. The van der Waals surface area contributed by atoms with Gasteiger partial charge in [-0.25, -0.2) is 8.78 Å². The summed E-state index contributed by atoms with van der Waals surface area (Å²) in [6.07, 6.45) is 1.33. The number of nitrogens with one attached hydrogen (secondary N) is 2. The highest BCUT2D eigenvalue weighted by atomic mass is 19.2. The molecular formula is C20H13F2N3O2. The molecule has 0 aliphatic rings. The molecule has 0 spiro atoms. The highest BCUT2D eigenvalue weighted by molar-refractivity contribution is 6.10. The Bertz CT molecular complexity index is 1050. The monoisotopic (exact) mass is 365 g/mol. The average molecular weight is 365 g/mol. The minimum absolute atomic E-state index is 0.0163. The number of halogens is 2. The summed E-state index contributed by atoms with van der Waals surface area (Å²) in [5, 5.41) is 11.5. The van der Waals surface area contributed by atoms with Gasteiger partial charge in [0.05, 0.1) is 11.6 Å². The van der Waals surface area contributed by atoms with Crippen molar-refractivity contribution in [2.24, 2.45) is 0 Å². The summed E-state index contributed by atoms with van der Waals surface area (Å²) < 4.78 is 26.3. The van der Waals surface area contributed by atoms with Crippen LogP contribution < -0.4 is 5.32 Å². The molecule has 134 valence electrons. The van der Waals surface area contributed by atoms with Gasteiger partial charge in [0, 0.05) is 23.9 Å². The van der Waals surface area contributed by atoms with Gasteiger partial charge in [-0.3, -0.25) is 9.59 Å². The molecule has 3 rings (SSSR count). The Labute approximate surface area is 153 Å². The van der Waals surface area contributed by atoms with Crippen molar-refractivity contribution in [2.45, 2.75) is 6.54 Å². The van der Waals surface area contributed by atoms with Gasteiger partial charge in [-0.05, 0) is 42.0 Å². The van der Waals surface area contributed by atoms with Crippen LogP contribution in [0.2, 0.25) is 0 Å². The first-order chi connectivity index (χ1) is 13.0. The van der Waals surface area contributed by atoms with E-state index in [-0.39, 0.29) is 23.4 Å². The molecule has 1 aromatic heterocycles. The molecule has 0 atom stereocenters. The minimum atomic E-state index is -1.11. The summed E-state index contributed by atoms with van der Waals surface area (Å²) >= 11 is 0. The van der Waals surface area contributed by atoms with Crippen molar-refractivity contribution in [1.29, 1.82) is 5.26 Å². The number of nitriles is 1. The first-order valence-electron chi connectivity index (χ1n) is 7.93. The van der Waals surface area contributed by atoms with E-state index in [1.807, 2.05) is 6.07 Å². The van der Waals surface area contributed by atoms with E-state index in [1.165, 1.54) is 18.3 Å². The lowest BCUT2D eigenvalue weighted by molar-refractivity contribution is 0.0946. The summed E-state index contributed by atoms with van der Waals surface area (Å²) in [6, 6.07) is 13.0. The van der Waals surface area contributed by atoms with Gasteiger partial charge in [-0.1, -0.05) is 12.1 Å². The van der Waals surface area contributed by atoms with Gasteiger partial charge in [-0.2, -0.15) is 5.26 Å². The molecule has 0 saturated heterocycles. The van der Waals surface area contributed by atoms with E-state index in [2.05, 4.69) is 10.3 Å². The van der Waals surface area contributed by atoms with Crippen LogP contribution in [0.25, 0.3) is 0 Å². The zero-order valence-electron chi connectivity index (χ0n) is 13.9. The number of aromatic nitrogens is 1. The van der Waals surface area contributed by atoms with Crippen molar-refractivity contribution in [3.05, 3.63) is 94.3 Å². The van der Waals surface area contributed by atoms with Crippen molar-refractivity contribution >= 4 is 11.7 Å². The lowest BCUT2D eigenvalue weighted by atomic mass is 10.1. The van der Waals surface area contributed by atoms with Crippen LogP contribution in [-0.2, 0) is 6.54 Å². The standard InChI is InChI=1S/C20H13F2N3O2/c21-16-6-5-14(7-17(16)22)19(26)15-8-18(24-11-15)20(27)25-10-13-3-1-12(9-23)2-4-13/h1-8,11,24H,10H2,(H,25,27). The maximum absolute atomic E-state index is 13.3. The smallest absolute Gasteiger partial charge is 0.267 e. The number of aromatic amines is 1. The number of rotatable bonds is 5. The maximum atomic E-state index is 13.3. The van der Waals surface area contributed by atoms with Gasteiger partial charge in [0.1, 0.15) is 5.69 Å². The van der Waals surface area contributed by atoms with Gasteiger partial charge >= 0.3 is 0 Å². The van der Waals surface area contributed by atoms with Gasteiger partial charge in [0.2, 0.25) is 0 Å². The number of benzene rings is 2. The van der Waals surface area contributed by atoms with Crippen molar-refractivity contribution in [2.75, 3.05) is 0 Å². The fourth-order valence-electron chi connectivity index (χ4n) is 2.44. The van der Waals surface area contributed by atoms with Crippen LogP contribution in [0, 0.1) is 23.0 Å². The molecule has 5 nitrogen and oxygen atoms in total. The topological polar surface area (TPSA) is 85.8 Å². The first-order valence-corrected chi connectivity index (χ1v) is 7.93. The van der Waals surface area contributed by atoms with Crippen LogP contribution in [0.5, 0.6) is 0 Å². The zero-order valence-corrected chi connectivity index (χ0v) is 13.9. The summed E-state index contributed by atoms with van der Waals surface area (Å²) in [4.78, 5) is 27.2. The largest absolute Gasteiger partial charge is 0.356 e. The fraction of sp³-hybridized carbons (Fsp3) is 0.0500. The van der Waals surface area contributed by atoms with Crippen LogP contribution in [0.4, 0.5) is 8.78 Å². The Morgan fingerprint density at radius 1 is 1.00 bits per heavy atom. The molecule has 0 aliphatic carbocycles. The average Bonchev–Trinajstić information content (AvgIpc) is 3.18. The number of ketones is 1. The second kappa shape index (κ2) is 7.62. The SMILES string of the molecule is N#Cc1ccc(CNC(=O)c2cc(C(=O)c3ccc(F)c(F)c3)c[nH]2)cc1. The molecule has 3 aromatic rings. The molecular weight excluding hydrogens is 352 g/mol. The molecule has 0 unspecified atom stereocenters. The van der Waals surface area contributed by atoms with E-state index in [0.29, 0.717) is 5.56 Å². The number of carbonyl (C=O) groups is 2. The summed E-state index contributed by atoms with van der Waals surface area (Å²) in [7, 11) is 0. The molecule has 1 heterocycles. The van der Waals surface area contributed by atoms with E-state index in [9.17, 15) is 18.4 Å². The number of amides is 1. The number of nitrogens with zero attached hydrogens (tertiary/aromatic N) is 1. The fourth-order valence-corrected chi connectivity index (χ4v) is 2.44.